The van der Waals surface area contributed by atoms with Crippen molar-refractivity contribution in [1.82, 2.24) is 4.98 Å². The first-order valence-electron chi connectivity index (χ1n) is 6.07. The molecule has 19 heavy (non-hydrogen) atoms. The highest BCUT2D eigenvalue weighted by atomic mass is 32.1. The fourth-order valence-corrected chi connectivity index (χ4v) is 2.25. The van der Waals surface area contributed by atoms with Crippen LogP contribution in [-0.4, -0.2) is 28.5 Å². The Bertz CT molecular complexity index is 514. The average molecular weight is 280 g/mol. The fourth-order valence-electron chi connectivity index (χ4n) is 2.00. The number of carbonyl (C=O) groups excluding carboxylic acids is 1. The normalized spacial score (nSPS) is 10.6. The van der Waals surface area contributed by atoms with E-state index in [1.54, 1.807) is 0 Å². The van der Waals surface area contributed by atoms with E-state index in [2.05, 4.69) is 4.98 Å². The van der Waals surface area contributed by atoms with E-state index in [0.717, 1.165) is 11.3 Å². The molecular weight excluding hydrogens is 260 g/mol. The van der Waals surface area contributed by atoms with Crippen LogP contribution in [0.25, 0.3) is 0 Å². The zero-order valence-electron chi connectivity index (χ0n) is 11.7. The Morgan fingerprint density at radius 3 is 2.42 bits per heavy atom. The van der Waals surface area contributed by atoms with E-state index in [4.69, 9.17) is 23.7 Å². The van der Waals surface area contributed by atoms with Crippen LogP contribution in [0.2, 0.25) is 0 Å². The SMILES string of the molecule is Cc1cc(C)c(C(N)=S)c(N(CC(N)=O)C(C)C)n1. The molecule has 0 bridgehead atoms. The summed E-state index contributed by atoms with van der Waals surface area (Å²) < 4.78 is 0. The van der Waals surface area contributed by atoms with Crippen molar-refractivity contribution in [2.24, 2.45) is 11.5 Å². The van der Waals surface area contributed by atoms with E-state index < -0.39 is 5.91 Å². The summed E-state index contributed by atoms with van der Waals surface area (Å²) in [5, 5.41) is 0. The number of aromatic nitrogens is 1. The molecule has 0 aliphatic carbocycles. The number of hydrogen-bond acceptors (Lipinski definition) is 4. The van der Waals surface area contributed by atoms with Crippen molar-refractivity contribution in [2.75, 3.05) is 11.4 Å². The smallest absolute Gasteiger partial charge is 0.237 e. The van der Waals surface area contributed by atoms with Crippen LogP contribution in [0.15, 0.2) is 6.07 Å². The van der Waals surface area contributed by atoms with Gasteiger partial charge in [-0.1, -0.05) is 12.2 Å². The van der Waals surface area contributed by atoms with Gasteiger partial charge in [-0.15, -0.1) is 0 Å². The Labute approximate surface area is 119 Å². The van der Waals surface area contributed by atoms with Crippen molar-refractivity contribution < 1.29 is 4.79 Å². The highest BCUT2D eigenvalue weighted by Crippen LogP contribution is 2.24. The average Bonchev–Trinajstić information content (AvgIpc) is 2.23. The predicted octanol–water partition coefficient (Wildman–Crippen LogP) is 1.03. The summed E-state index contributed by atoms with van der Waals surface area (Å²) in [4.78, 5) is 17.8. The van der Waals surface area contributed by atoms with E-state index in [0.29, 0.717) is 11.4 Å². The number of pyridine rings is 1. The van der Waals surface area contributed by atoms with Crippen LogP contribution >= 0.6 is 12.2 Å². The van der Waals surface area contributed by atoms with Gasteiger partial charge in [0.1, 0.15) is 10.8 Å². The molecule has 1 aromatic heterocycles. The van der Waals surface area contributed by atoms with Gasteiger partial charge in [0.15, 0.2) is 0 Å². The van der Waals surface area contributed by atoms with Gasteiger partial charge in [-0.05, 0) is 39.3 Å². The molecule has 0 aliphatic rings. The number of aryl methyl sites for hydroxylation is 2. The molecule has 0 atom stereocenters. The predicted molar refractivity (Wildman–Crippen MR) is 81.3 cm³/mol. The second-order valence-electron chi connectivity index (χ2n) is 4.83. The summed E-state index contributed by atoms with van der Waals surface area (Å²) >= 11 is 5.09. The third-order valence-corrected chi connectivity index (χ3v) is 3.00. The largest absolute Gasteiger partial charge is 0.389 e. The minimum atomic E-state index is -0.413. The fraction of sp³-hybridized carbons (Fsp3) is 0.462. The second-order valence-corrected chi connectivity index (χ2v) is 5.27. The highest BCUT2D eigenvalue weighted by Gasteiger charge is 2.21. The van der Waals surface area contributed by atoms with Crippen LogP contribution in [0, 0.1) is 13.8 Å². The van der Waals surface area contributed by atoms with Crippen molar-refractivity contribution in [1.29, 1.82) is 0 Å². The zero-order valence-corrected chi connectivity index (χ0v) is 12.5. The Morgan fingerprint density at radius 1 is 1.42 bits per heavy atom. The first kappa shape index (κ1) is 15.4. The standard InChI is InChI=1S/C13H20N4OS/c1-7(2)17(6-10(14)18)13-11(12(15)19)8(3)5-9(4)16-13/h5,7H,6H2,1-4H3,(H2,14,18)(H2,15,19). The lowest BCUT2D eigenvalue weighted by atomic mass is 10.1. The molecule has 0 spiro atoms. The molecule has 4 N–H and O–H groups in total. The molecule has 0 fully saturated rings. The maximum absolute atomic E-state index is 11.2. The van der Waals surface area contributed by atoms with Crippen molar-refractivity contribution >= 4 is 28.9 Å². The molecule has 0 radical (unpaired) electrons. The molecule has 1 amide bonds. The van der Waals surface area contributed by atoms with E-state index in [9.17, 15) is 4.79 Å². The third kappa shape index (κ3) is 3.64. The topological polar surface area (TPSA) is 85.2 Å². The van der Waals surface area contributed by atoms with Crippen molar-refractivity contribution in [3.8, 4) is 0 Å². The highest BCUT2D eigenvalue weighted by molar-refractivity contribution is 7.80. The lowest BCUT2D eigenvalue weighted by Crippen LogP contribution is -2.40. The molecule has 1 rings (SSSR count). The number of anilines is 1. The van der Waals surface area contributed by atoms with Gasteiger partial charge in [0.05, 0.1) is 12.1 Å². The maximum Gasteiger partial charge on any atom is 0.237 e. The van der Waals surface area contributed by atoms with Gasteiger partial charge in [-0.2, -0.15) is 0 Å². The number of carbonyl (C=O) groups is 1. The van der Waals surface area contributed by atoms with Crippen LogP contribution in [-0.2, 0) is 4.79 Å². The Kier molecular flexibility index (Phi) is 4.83. The van der Waals surface area contributed by atoms with Gasteiger partial charge >= 0.3 is 0 Å². The van der Waals surface area contributed by atoms with E-state index >= 15 is 0 Å². The first-order valence-corrected chi connectivity index (χ1v) is 6.47. The van der Waals surface area contributed by atoms with Gasteiger partial charge in [-0.3, -0.25) is 4.79 Å². The van der Waals surface area contributed by atoms with Crippen molar-refractivity contribution in [2.45, 2.75) is 33.7 Å². The van der Waals surface area contributed by atoms with Crippen LogP contribution in [0.1, 0.15) is 30.7 Å². The van der Waals surface area contributed by atoms with E-state index in [1.165, 1.54) is 0 Å². The number of nitrogens with zero attached hydrogens (tertiary/aromatic N) is 2. The molecular formula is C13H20N4OS. The molecule has 0 aliphatic heterocycles. The van der Waals surface area contributed by atoms with E-state index in [-0.39, 0.29) is 17.6 Å². The number of nitrogens with two attached hydrogens (primary N) is 2. The molecule has 0 saturated heterocycles. The number of hydrogen-bond donors (Lipinski definition) is 2. The number of primary amides is 1. The summed E-state index contributed by atoms with van der Waals surface area (Å²) in [5.74, 6) is 0.211. The van der Waals surface area contributed by atoms with E-state index in [1.807, 2.05) is 38.7 Å². The molecule has 0 saturated carbocycles. The summed E-state index contributed by atoms with van der Waals surface area (Å²) in [6.07, 6.45) is 0. The summed E-state index contributed by atoms with van der Waals surface area (Å²) in [6, 6.07) is 1.98. The molecule has 6 heteroatoms. The number of amides is 1. The molecule has 0 aromatic carbocycles. The Hall–Kier alpha value is -1.69. The van der Waals surface area contributed by atoms with Gasteiger partial charge in [0, 0.05) is 11.7 Å². The summed E-state index contributed by atoms with van der Waals surface area (Å²) in [5.41, 5.74) is 13.6. The lowest BCUT2D eigenvalue weighted by molar-refractivity contribution is -0.116. The first-order chi connectivity index (χ1) is 8.73. The Morgan fingerprint density at radius 2 is 2.00 bits per heavy atom. The van der Waals surface area contributed by atoms with Crippen LogP contribution in [0.5, 0.6) is 0 Å². The molecule has 1 heterocycles. The minimum Gasteiger partial charge on any atom is -0.389 e. The molecule has 104 valence electrons. The van der Waals surface area contributed by atoms with Gasteiger partial charge in [-0.25, -0.2) is 4.98 Å². The quantitative estimate of drug-likeness (QED) is 0.787. The number of thiocarbonyl (C=S) groups is 1. The van der Waals surface area contributed by atoms with Gasteiger partial charge in [0.2, 0.25) is 5.91 Å². The molecule has 1 aromatic rings. The monoisotopic (exact) mass is 280 g/mol. The third-order valence-electron chi connectivity index (χ3n) is 2.79. The van der Waals surface area contributed by atoms with Crippen LogP contribution < -0.4 is 16.4 Å². The van der Waals surface area contributed by atoms with Gasteiger partial charge < -0.3 is 16.4 Å². The van der Waals surface area contributed by atoms with Crippen LogP contribution in [0.3, 0.4) is 0 Å². The summed E-state index contributed by atoms with van der Waals surface area (Å²) in [6.45, 7) is 7.83. The summed E-state index contributed by atoms with van der Waals surface area (Å²) in [7, 11) is 0. The second kappa shape index (κ2) is 5.97. The van der Waals surface area contributed by atoms with Gasteiger partial charge in [0.25, 0.3) is 0 Å². The Balaban J connectivity index is 3.43. The van der Waals surface area contributed by atoms with Crippen molar-refractivity contribution in [3.05, 3.63) is 22.9 Å². The van der Waals surface area contributed by atoms with Crippen molar-refractivity contribution in [3.63, 3.8) is 0 Å². The maximum atomic E-state index is 11.2. The zero-order chi connectivity index (χ0) is 14.7. The molecule has 5 nitrogen and oxygen atoms in total. The molecule has 0 unspecified atom stereocenters. The van der Waals surface area contributed by atoms with Crippen LogP contribution in [0.4, 0.5) is 5.82 Å². The minimum absolute atomic E-state index is 0.0642. The number of rotatable bonds is 5. The lowest BCUT2D eigenvalue weighted by Gasteiger charge is -2.29.